The van der Waals surface area contributed by atoms with Crippen molar-refractivity contribution in [3.05, 3.63) is 229 Å². The van der Waals surface area contributed by atoms with Crippen LogP contribution in [-0.2, 0) is 10.8 Å². The Labute approximate surface area is 400 Å². The van der Waals surface area contributed by atoms with Gasteiger partial charge < -0.3 is 14.1 Å². The molecule has 1 N–H and O–H groups in total. The van der Waals surface area contributed by atoms with Crippen LogP contribution in [0, 0.1) is 0 Å². The fraction of sp³-hybridized carbons (Fsp3) is 0.0909. The smallest absolute Gasteiger partial charge is 0.0544 e. The Morgan fingerprint density at radius 2 is 0.768 bits per heavy atom. The van der Waals surface area contributed by atoms with E-state index in [1.807, 2.05) is 0 Å². The summed E-state index contributed by atoms with van der Waals surface area (Å²) in [4.78, 5) is 3.90. The Morgan fingerprint density at radius 1 is 0.304 bits per heavy atom. The molecule has 0 saturated carbocycles. The number of hydrogen-bond acceptors (Lipinski definition) is 0. The van der Waals surface area contributed by atoms with E-state index >= 15 is 0 Å². The third-order valence-corrected chi connectivity index (χ3v) is 16.2. The van der Waals surface area contributed by atoms with Gasteiger partial charge in [-0.15, -0.1) is 0 Å². The van der Waals surface area contributed by atoms with E-state index in [9.17, 15) is 0 Å². The minimum absolute atomic E-state index is 0.101. The zero-order valence-corrected chi connectivity index (χ0v) is 39.0. The van der Waals surface area contributed by atoms with Crippen molar-refractivity contribution in [3.63, 3.8) is 0 Å². The van der Waals surface area contributed by atoms with Gasteiger partial charge in [0, 0.05) is 65.6 Å². The van der Waals surface area contributed by atoms with Crippen molar-refractivity contribution in [2.75, 3.05) is 0 Å². The Hall–Kier alpha value is -8.40. The molecule has 0 radical (unpaired) electrons. The van der Waals surface area contributed by atoms with Gasteiger partial charge in [0.1, 0.15) is 0 Å². The molecular formula is C66H47N3. The van der Waals surface area contributed by atoms with E-state index in [-0.39, 0.29) is 10.8 Å². The molecule has 2 aliphatic rings. The molecule has 0 spiro atoms. The summed E-state index contributed by atoms with van der Waals surface area (Å²) in [5.41, 5.74) is 25.0. The minimum Gasteiger partial charge on any atom is -0.354 e. The molecule has 2 aliphatic carbocycles. The summed E-state index contributed by atoms with van der Waals surface area (Å²) >= 11 is 0. The van der Waals surface area contributed by atoms with Crippen LogP contribution in [0.1, 0.15) is 49.9 Å². The molecule has 0 amide bonds. The Kier molecular flexibility index (Phi) is 7.63. The second-order valence-electron chi connectivity index (χ2n) is 20.6. The predicted molar refractivity (Wildman–Crippen MR) is 290 cm³/mol. The zero-order valence-electron chi connectivity index (χ0n) is 39.0. The van der Waals surface area contributed by atoms with Gasteiger partial charge in [-0.05, 0) is 152 Å². The number of rotatable bonds is 4. The molecule has 3 nitrogen and oxygen atoms in total. The first-order chi connectivity index (χ1) is 33.7. The number of hydrogen-bond donors (Lipinski definition) is 1. The topological polar surface area (TPSA) is 25.6 Å². The molecule has 326 valence electrons. The van der Waals surface area contributed by atoms with Gasteiger partial charge >= 0.3 is 0 Å². The molecule has 0 fully saturated rings. The second-order valence-corrected chi connectivity index (χ2v) is 20.6. The standard InChI is InChI=1S/C66H47N3/c1-65(2)55-24-14-11-21-44(55)48-35-52-50-31-39(27-29-60(50)68(62(52)37-57(48)65)42-17-7-5-8-18-42)41-33-47(64-54(34-41)46-23-13-16-26-59(46)67-64)40-28-30-61-51(32-40)53-36-49-45-22-12-15-25-56(45)66(3,4)58(49)38-63(53)69(61)43-19-9-6-10-20-43/h5-38,67H,1-4H3. The fourth-order valence-electron chi connectivity index (χ4n) is 12.8. The van der Waals surface area contributed by atoms with Crippen LogP contribution in [-0.4, -0.2) is 14.1 Å². The summed E-state index contributed by atoms with van der Waals surface area (Å²) in [6, 6.07) is 77.5. The molecule has 0 bridgehead atoms. The summed E-state index contributed by atoms with van der Waals surface area (Å²) in [6.45, 7) is 9.50. The Balaban J connectivity index is 0.981. The summed E-state index contributed by atoms with van der Waals surface area (Å²) in [5.74, 6) is 0. The normalized spacial score (nSPS) is 14.3. The molecule has 0 aliphatic heterocycles. The highest BCUT2D eigenvalue weighted by molar-refractivity contribution is 6.17. The van der Waals surface area contributed by atoms with E-state index in [1.165, 1.54) is 133 Å². The van der Waals surface area contributed by atoms with Crippen LogP contribution in [0.3, 0.4) is 0 Å². The van der Waals surface area contributed by atoms with Crippen LogP contribution in [0.5, 0.6) is 0 Å². The molecule has 0 atom stereocenters. The third kappa shape index (κ3) is 5.22. The predicted octanol–water partition coefficient (Wildman–Crippen LogP) is 17.5. The van der Waals surface area contributed by atoms with Gasteiger partial charge in [-0.25, -0.2) is 0 Å². The lowest BCUT2D eigenvalue weighted by molar-refractivity contribution is 0.661. The van der Waals surface area contributed by atoms with E-state index < -0.39 is 0 Å². The van der Waals surface area contributed by atoms with Crippen molar-refractivity contribution in [1.29, 1.82) is 0 Å². The number of fused-ring (bicyclic) bond motifs is 15. The maximum absolute atomic E-state index is 3.90. The zero-order chi connectivity index (χ0) is 45.9. The quantitative estimate of drug-likeness (QED) is 0.182. The number of aromatic amines is 1. The highest BCUT2D eigenvalue weighted by atomic mass is 15.0. The van der Waals surface area contributed by atoms with Gasteiger partial charge in [-0.3, -0.25) is 0 Å². The average Bonchev–Trinajstić information content (AvgIpc) is 4.14. The van der Waals surface area contributed by atoms with E-state index in [2.05, 4.69) is 248 Å². The number of H-pyrrole nitrogens is 1. The van der Waals surface area contributed by atoms with Crippen LogP contribution < -0.4 is 0 Å². The molecular weight excluding hydrogens is 835 g/mol. The summed E-state index contributed by atoms with van der Waals surface area (Å²) < 4.78 is 4.94. The lowest BCUT2D eigenvalue weighted by Crippen LogP contribution is -2.14. The number of para-hydroxylation sites is 3. The SMILES string of the molecule is CC1(C)c2ccccc2-c2cc3c4cc(-c5cc(-c6ccc7c(c6)c6cc8c(cc6n7-c6ccccc6)C(C)(C)c6ccccc6-8)c6[nH]c7ccccc7c6c5)ccc4n(-c4ccccc4)c3cc21. The number of nitrogens with zero attached hydrogens (tertiary/aromatic N) is 2. The van der Waals surface area contributed by atoms with Gasteiger partial charge in [0.05, 0.1) is 27.6 Å². The highest BCUT2D eigenvalue weighted by Crippen LogP contribution is 2.53. The molecule has 0 unspecified atom stereocenters. The highest BCUT2D eigenvalue weighted by Gasteiger charge is 2.38. The molecule has 10 aromatic carbocycles. The summed E-state index contributed by atoms with van der Waals surface area (Å²) in [7, 11) is 0. The molecule has 0 saturated heterocycles. The lowest BCUT2D eigenvalue weighted by Gasteiger charge is -2.21. The van der Waals surface area contributed by atoms with Gasteiger partial charge in [-0.1, -0.05) is 143 Å². The van der Waals surface area contributed by atoms with Crippen LogP contribution in [0.15, 0.2) is 206 Å². The maximum Gasteiger partial charge on any atom is 0.0544 e. The number of benzene rings is 10. The number of nitrogens with one attached hydrogen (secondary N) is 1. The molecule has 15 rings (SSSR count). The van der Waals surface area contributed by atoms with Crippen molar-refractivity contribution in [2.45, 2.75) is 38.5 Å². The monoisotopic (exact) mass is 881 g/mol. The Bertz CT molecular complexity index is 4340. The largest absolute Gasteiger partial charge is 0.354 e. The van der Waals surface area contributed by atoms with E-state index in [1.54, 1.807) is 0 Å². The van der Waals surface area contributed by atoms with Crippen molar-refractivity contribution in [2.24, 2.45) is 0 Å². The third-order valence-electron chi connectivity index (χ3n) is 16.2. The first-order valence-corrected chi connectivity index (χ1v) is 24.3. The van der Waals surface area contributed by atoms with Crippen molar-refractivity contribution in [1.82, 2.24) is 14.1 Å². The van der Waals surface area contributed by atoms with E-state index in [4.69, 9.17) is 0 Å². The van der Waals surface area contributed by atoms with Gasteiger partial charge in [0.2, 0.25) is 0 Å². The Morgan fingerprint density at radius 3 is 1.35 bits per heavy atom. The first-order valence-electron chi connectivity index (χ1n) is 24.3. The van der Waals surface area contributed by atoms with Crippen LogP contribution in [0.4, 0.5) is 0 Å². The lowest BCUT2D eigenvalue weighted by atomic mass is 9.82. The van der Waals surface area contributed by atoms with Crippen LogP contribution in [0.25, 0.3) is 121 Å². The van der Waals surface area contributed by atoms with Gasteiger partial charge in [-0.2, -0.15) is 0 Å². The summed E-state index contributed by atoms with van der Waals surface area (Å²) in [6.07, 6.45) is 0. The van der Waals surface area contributed by atoms with Crippen LogP contribution in [0.2, 0.25) is 0 Å². The molecule has 13 aromatic rings. The first kappa shape index (κ1) is 38.7. The van der Waals surface area contributed by atoms with E-state index in [0.717, 1.165) is 11.0 Å². The number of aromatic nitrogens is 3. The van der Waals surface area contributed by atoms with Crippen molar-refractivity contribution >= 4 is 65.4 Å². The van der Waals surface area contributed by atoms with Gasteiger partial charge in [0.25, 0.3) is 0 Å². The second kappa shape index (κ2) is 13.6. The summed E-state index contributed by atoms with van der Waals surface area (Å²) in [5, 5.41) is 7.50. The molecule has 3 aromatic heterocycles. The maximum atomic E-state index is 3.90. The van der Waals surface area contributed by atoms with Gasteiger partial charge in [0.15, 0.2) is 0 Å². The van der Waals surface area contributed by atoms with E-state index in [0.29, 0.717) is 0 Å². The minimum atomic E-state index is -0.104. The molecule has 3 heterocycles. The molecule has 69 heavy (non-hydrogen) atoms. The van der Waals surface area contributed by atoms with Crippen molar-refractivity contribution < 1.29 is 0 Å². The fourth-order valence-corrected chi connectivity index (χ4v) is 12.8. The average molecular weight is 882 g/mol. The molecule has 3 heteroatoms. The van der Waals surface area contributed by atoms with Crippen molar-refractivity contribution in [3.8, 4) is 55.9 Å². The van der Waals surface area contributed by atoms with Crippen LogP contribution >= 0.6 is 0 Å².